The van der Waals surface area contributed by atoms with E-state index in [1.807, 2.05) is 42.2 Å². The Labute approximate surface area is 233 Å². The van der Waals surface area contributed by atoms with Gasteiger partial charge in [0, 0.05) is 55.9 Å². The number of fused-ring (bicyclic) bond motifs is 1. The number of sulfonamides is 1. The Bertz CT molecular complexity index is 1870. The molecule has 2 aromatic carbocycles. The molecule has 0 spiro atoms. The fourth-order valence-electron chi connectivity index (χ4n) is 6.00. The molecule has 0 radical (unpaired) electrons. The van der Waals surface area contributed by atoms with Crippen LogP contribution in [0.5, 0.6) is 0 Å². The highest BCUT2D eigenvalue weighted by Crippen LogP contribution is 2.42. The average Bonchev–Trinajstić information content (AvgIpc) is 3.68. The molecule has 1 saturated heterocycles. The van der Waals surface area contributed by atoms with E-state index >= 15 is 0 Å². The fraction of sp³-hybridized carbons (Fsp3) is 0.300. The Morgan fingerprint density at radius 1 is 1.05 bits per heavy atom. The number of nitrogens with zero attached hydrogens (tertiary/aromatic N) is 6. The van der Waals surface area contributed by atoms with Crippen LogP contribution >= 0.6 is 0 Å². The van der Waals surface area contributed by atoms with Crippen LogP contribution in [0.2, 0.25) is 0 Å². The van der Waals surface area contributed by atoms with Crippen molar-refractivity contribution in [3.05, 3.63) is 106 Å². The van der Waals surface area contributed by atoms with Gasteiger partial charge in [-0.1, -0.05) is 30.3 Å². The maximum absolute atomic E-state index is 13.6. The van der Waals surface area contributed by atoms with Gasteiger partial charge in [0.15, 0.2) is 5.03 Å². The van der Waals surface area contributed by atoms with E-state index in [-0.39, 0.29) is 10.6 Å². The van der Waals surface area contributed by atoms with Crippen molar-refractivity contribution in [3.63, 3.8) is 0 Å². The van der Waals surface area contributed by atoms with Crippen LogP contribution in [-0.2, 0) is 35.5 Å². The van der Waals surface area contributed by atoms with Gasteiger partial charge in [-0.05, 0) is 67.6 Å². The molecule has 1 unspecified atom stereocenters. The minimum absolute atomic E-state index is 0.0459. The van der Waals surface area contributed by atoms with Gasteiger partial charge in [-0.2, -0.15) is 14.5 Å². The molecule has 9 nitrogen and oxygen atoms in total. The number of hydrogen-bond acceptors (Lipinski definition) is 5. The molecule has 0 amide bonds. The van der Waals surface area contributed by atoms with Crippen LogP contribution in [0.25, 0.3) is 16.6 Å². The van der Waals surface area contributed by atoms with E-state index < -0.39 is 15.4 Å². The van der Waals surface area contributed by atoms with Crippen LogP contribution in [0, 0.1) is 6.92 Å². The number of aromatic nitrogens is 5. The van der Waals surface area contributed by atoms with Crippen molar-refractivity contribution in [2.45, 2.75) is 43.7 Å². The Morgan fingerprint density at radius 3 is 2.58 bits per heavy atom. The van der Waals surface area contributed by atoms with E-state index in [1.165, 1.54) is 4.68 Å². The summed E-state index contributed by atoms with van der Waals surface area (Å²) < 4.78 is 33.7. The molecule has 1 atom stereocenters. The number of hydrogen-bond donors (Lipinski definition) is 0. The molecule has 1 fully saturated rings. The van der Waals surface area contributed by atoms with E-state index in [1.54, 1.807) is 40.3 Å². The normalized spacial score (nSPS) is 18.1. The van der Waals surface area contributed by atoms with Crippen molar-refractivity contribution < 1.29 is 8.42 Å². The molecule has 40 heavy (non-hydrogen) atoms. The maximum Gasteiger partial charge on any atom is 0.262 e. The van der Waals surface area contributed by atoms with Crippen LogP contribution in [-0.4, -0.2) is 49.9 Å². The summed E-state index contributed by atoms with van der Waals surface area (Å²) in [7, 11) is -2.01. The highest BCUT2D eigenvalue weighted by atomic mass is 32.2. The topological polar surface area (TPSA) is 95.0 Å². The molecule has 206 valence electrons. The van der Waals surface area contributed by atoms with Crippen molar-refractivity contribution in [1.29, 1.82) is 0 Å². The van der Waals surface area contributed by atoms with E-state index in [2.05, 4.69) is 41.4 Å². The number of pyridine rings is 1. The standard InChI is InChI=1S/C30H32N6O3S/c1-4-34-20-25(10-11-29(34)37)36-27-16-22(2)26(17-24(27)19-31-36)30(18-23-8-6-5-7-9-23)13-15-35(21-30)40(38,39)28-12-14-33(3)32-28/h5-12,14,16-17,19-20H,4,13,15,18,21H2,1-3H3. The lowest BCUT2D eigenvalue weighted by Gasteiger charge is -2.32. The minimum atomic E-state index is -3.73. The van der Waals surface area contributed by atoms with E-state index in [0.29, 0.717) is 32.5 Å². The molecule has 1 aliphatic rings. The van der Waals surface area contributed by atoms with Crippen LogP contribution in [0.1, 0.15) is 30.0 Å². The largest absolute Gasteiger partial charge is 0.314 e. The molecule has 0 aliphatic carbocycles. The van der Waals surface area contributed by atoms with E-state index in [4.69, 9.17) is 0 Å². The molecule has 4 heterocycles. The summed E-state index contributed by atoms with van der Waals surface area (Å²) in [6.45, 7) is 5.38. The molecule has 1 aliphatic heterocycles. The van der Waals surface area contributed by atoms with Crippen molar-refractivity contribution in [1.82, 2.24) is 28.4 Å². The quantitative estimate of drug-likeness (QED) is 0.304. The Balaban J connectivity index is 1.44. The van der Waals surface area contributed by atoms with Gasteiger partial charge in [-0.15, -0.1) is 0 Å². The highest BCUT2D eigenvalue weighted by molar-refractivity contribution is 7.89. The summed E-state index contributed by atoms with van der Waals surface area (Å²) >= 11 is 0. The fourth-order valence-corrected chi connectivity index (χ4v) is 7.47. The first-order valence-corrected chi connectivity index (χ1v) is 14.9. The summed E-state index contributed by atoms with van der Waals surface area (Å²) in [5, 5.41) is 9.90. The number of benzene rings is 2. The molecular formula is C30H32N6O3S. The van der Waals surface area contributed by atoms with Crippen molar-refractivity contribution in [2.24, 2.45) is 7.05 Å². The first kappa shape index (κ1) is 26.2. The van der Waals surface area contributed by atoms with Crippen LogP contribution in [0.4, 0.5) is 0 Å². The van der Waals surface area contributed by atoms with Crippen molar-refractivity contribution >= 4 is 20.9 Å². The summed E-state index contributed by atoms with van der Waals surface area (Å²) in [5.41, 5.74) is 4.65. The monoisotopic (exact) mass is 556 g/mol. The number of aryl methyl sites for hydroxylation is 3. The minimum Gasteiger partial charge on any atom is -0.314 e. The Morgan fingerprint density at radius 2 is 1.85 bits per heavy atom. The molecule has 6 rings (SSSR count). The second kappa shape index (κ2) is 9.87. The van der Waals surface area contributed by atoms with Gasteiger partial charge in [0.05, 0.1) is 17.4 Å². The van der Waals surface area contributed by atoms with Crippen molar-refractivity contribution in [3.8, 4) is 5.69 Å². The Hall–Kier alpha value is -4.02. The molecule has 10 heteroatoms. The second-order valence-corrected chi connectivity index (χ2v) is 12.5. The lowest BCUT2D eigenvalue weighted by Crippen LogP contribution is -2.36. The second-order valence-electron chi connectivity index (χ2n) is 10.7. The molecule has 0 saturated carbocycles. The highest BCUT2D eigenvalue weighted by Gasteiger charge is 2.45. The molecule has 0 bridgehead atoms. The van der Waals surface area contributed by atoms with Gasteiger partial charge >= 0.3 is 0 Å². The van der Waals surface area contributed by atoms with Gasteiger partial charge in [-0.25, -0.2) is 13.1 Å². The summed E-state index contributed by atoms with van der Waals surface area (Å²) in [5.74, 6) is 0. The molecule has 5 aromatic rings. The van der Waals surface area contributed by atoms with Crippen LogP contribution in [0.15, 0.2) is 89.1 Å². The van der Waals surface area contributed by atoms with E-state index in [9.17, 15) is 13.2 Å². The van der Waals surface area contributed by atoms with Gasteiger partial charge in [0.25, 0.3) is 15.6 Å². The zero-order valence-electron chi connectivity index (χ0n) is 22.9. The van der Waals surface area contributed by atoms with Gasteiger partial charge in [0.2, 0.25) is 0 Å². The number of rotatable bonds is 7. The lowest BCUT2D eigenvalue weighted by molar-refractivity contribution is 0.412. The third kappa shape index (κ3) is 4.47. The predicted octanol–water partition coefficient (Wildman–Crippen LogP) is 3.82. The Kier molecular flexibility index (Phi) is 6.47. The SMILES string of the molecule is CCn1cc(-n2ncc3cc(C4(Cc5ccccc5)CCN(S(=O)(=O)c5ccn(C)n5)C4)c(C)cc32)ccc1=O. The van der Waals surface area contributed by atoms with E-state index in [0.717, 1.165) is 33.3 Å². The van der Waals surface area contributed by atoms with Crippen molar-refractivity contribution in [2.75, 3.05) is 13.1 Å². The van der Waals surface area contributed by atoms with Gasteiger partial charge in [-0.3, -0.25) is 9.48 Å². The predicted molar refractivity (Wildman–Crippen MR) is 154 cm³/mol. The van der Waals surface area contributed by atoms with Crippen LogP contribution in [0.3, 0.4) is 0 Å². The third-order valence-electron chi connectivity index (χ3n) is 8.04. The lowest BCUT2D eigenvalue weighted by atomic mass is 9.73. The van der Waals surface area contributed by atoms with Crippen LogP contribution < -0.4 is 5.56 Å². The smallest absolute Gasteiger partial charge is 0.262 e. The van der Waals surface area contributed by atoms with Gasteiger partial charge in [0.1, 0.15) is 0 Å². The molecule has 3 aromatic heterocycles. The molecule has 0 N–H and O–H groups in total. The first-order valence-electron chi connectivity index (χ1n) is 13.4. The van der Waals surface area contributed by atoms with Gasteiger partial charge < -0.3 is 4.57 Å². The average molecular weight is 557 g/mol. The summed E-state index contributed by atoms with van der Waals surface area (Å²) in [6, 6.07) is 19.5. The first-order chi connectivity index (χ1) is 19.2. The zero-order chi connectivity index (χ0) is 28.1. The molecular weight excluding hydrogens is 524 g/mol. The summed E-state index contributed by atoms with van der Waals surface area (Å²) in [4.78, 5) is 12.1. The third-order valence-corrected chi connectivity index (χ3v) is 9.77. The maximum atomic E-state index is 13.6. The zero-order valence-corrected chi connectivity index (χ0v) is 23.7. The summed E-state index contributed by atoms with van der Waals surface area (Å²) in [6.07, 6.45) is 6.72.